The minimum atomic E-state index is -4.77. The normalized spacial score (nSPS) is 20.9. The van der Waals surface area contributed by atoms with E-state index in [0.29, 0.717) is 68.3 Å². The molecule has 4 fully saturated rings. The van der Waals surface area contributed by atoms with Gasteiger partial charge in [-0.2, -0.15) is 18.2 Å². The zero-order valence-electron chi connectivity index (χ0n) is 31.6. The van der Waals surface area contributed by atoms with E-state index in [0.717, 1.165) is 53.0 Å². The Kier molecular flexibility index (Phi) is 9.32. The van der Waals surface area contributed by atoms with Crippen molar-refractivity contribution in [3.05, 3.63) is 81.8 Å². The van der Waals surface area contributed by atoms with Crippen LogP contribution in [0.5, 0.6) is 11.6 Å². The minimum absolute atomic E-state index is 0.00605. The molecule has 12 nitrogen and oxygen atoms in total. The Balaban J connectivity index is 0.945. The summed E-state index contributed by atoms with van der Waals surface area (Å²) in [4.78, 5) is 40.9. The molecule has 0 bridgehead atoms. The Morgan fingerprint density at radius 1 is 0.912 bits per heavy atom. The lowest BCUT2D eigenvalue weighted by Crippen LogP contribution is -2.56. The second-order valence-corrected chi connectivity index (χ2v) is 16.6. The first-order valence-electron chi connectivity index (χ1n) is 19.1. The summed E-state index contributed by atoms with van der Waals surface area (Å²) in [5.41, 5.74) is 4.71. The number of likely N-dealkylation sites (tertiary alicyclic amines) is 2. The number of aromatic nitrogens is 3. The third-order valence-corrected chi connectivity index (χ3v) is 12.5. The lowest BCUT2D eigenvalue weighted by molar-refractivity contribution is -0.141. The zero-order chi connectivity index (χ0) is 39.7. The average molecular weight is 803 g/mol. The molecule has 1 aliphatic carbocycles. The fourth-order valence-corrected chi connectivity index (χ4v) is 9.87. The number of amides is 2. The molecule has 2 spiro atoms. The van der Waals surface area contributed by atoms with E-state index in [1.807, 2.05) is 47.4 Å². The Morgan fingerprint density at radius 3 is 2.25 bits per heavy atom. The smallest absolute Gasteiger partial charge is 0.437 e. The number of carbonyl (C=O) groups is 2. The third kappa shape index (κ3) is 6.93. The number of nitrogens with zero attached hydrogens (tertiary/aromatic N) is 5. The van der Waals surface area contributed by atoms with Crippen molar-refractivity contribution in [3.8, 4) is 34.0 Å². The number of rotatable bonds is 10. The van der Waals surface area contributed by atoms with Crippen LogP contribution < -0.4 is 25.4 Å². The molecule has 9 rings (SSSR count). The molecule has 57 heavy (non-hydrogen) atoms. The molecular weight excluding hydrogens is 761 g/mol. The monoisotopic (exact) mass is 802 g/mol. The van der Waals surface area contributed by atoms with Crippen LogP contribution in [0, 0.1) is 10.8 Å². The maximum Gasteiger partial charge on any atom is 0.437 e. The van der Waals surface area contributed by atoms with Gasteiger partial charge < -0.3 is 25.4 Å². The van der Waals surface area contributed by atoms with Gasteiger partial charge in [0, 0.05) is 98.9 Å². The van der Waals surface area contributed by atoms with E-state index in [9.17, 15) is 22.8 Å². The van der Waals surface area contributed by atoms with Gasteiger partial charge in [-0.1, -0.05) is 41.9 Å². The molecule has 0 radical (unpaired) electrons. The summed E-state index contributed by atoms with van der Waals surface area (Å²) >= 11 is 7.15. The van der Waals surface area contributed by atoms with Crippen LogP contribution in [0.25, 0.3) is 22.4 Å². The highest BCUT2D eigenvalue weighted by molar-refractivity contribution is 6.35. The van der Waals surface area contributed by atoms with Crippen LogP contribution in [0.4, 0.5) is 19.0 Å². The Bertz CT molecular complexity index is 2280. The van der Waals surface area contributed by atoms with Gasteiger partial charge >= 0.3 is 6.18 Å². The summed E-state index contributed by atoms with van der Waals surface area (Å²) in [6.07, 6.45) is -0.956. The van der Waals surface area contributed by atoms with E-state index in [1.165, 1.54) is 7.11 Å². The number of ether oxygens (including phenoxy) is 2. The molecule has 16 heteroatoms. The topological polar surface area (TPSA) is 134 Å². The van der Waals surface area contributed by atoms with Gasteiger partial charge in [-0.25, -0.2) is 4.98 Å². The van der Waals surface area contributed by atoms with Gasteiger partial charge in [0.25, 0.3) is 0 Å². The number of halogens is 4. The van der Waals surface area contributed by atoms with Gasteiger partial charge in [-0.3, -0.25) is 24.4 Å². The number of anilines is 1. The number of pyridine rings is 1. The maximum absolute atomic E-state index is 14.6. The fraction of sp³-hybridized carbons (Fsp3) is 0.439. The number of hydrogen-bond acceptors (Lipinski definition) is 10. The number of fused-ring (bicyclic) bond motifs is 1. The molecular formula is C41H42ClF3N8O4. The standard InChI is InChI=1S/C41H42ClF3N8O4/c1-56-31-12-23(6-7-24(31)15-52-19-39(20-52)13-32(54)47-17-39)35-34(42)28(10-11-46-35)25-4-3-5-27-26(25)8-9-29(27)50-37-36(41(43,44)45)49-30(38(51-37)57-2)16-53-21-40(22-53)14-33(55)48-18-40/h3-7,10-12,29H,8-9,13-22H2,1-2H3,(H,47,54)(H,48,55)(H,50,51). The van der Waals surface area contributed by atoms with E-state index in [-0.39, 0.29) is 40.8 Å². The van der Waals surface area contributed by atoms with E-state index >= 15 is 0 Å². The van der Waals surface area contributed by atoms with Crippen LogP contribution in [0.15, 0.2) is 48.7 Å². The Hall–Kier alpha value is -4.99. The number of hydrogen-bond donors (Lipinski definition) is 3. The first-order valence-corrected chi connectivity index (χ1v) is 19.4. The van der Waals surface area contributed by atoms with Gasteiger partial charge in [0.2, 0.25) is 17.7 Å². The molecule has 1 unspecified atom stereocenters. The molecule has 3 N–H and O–H groups in total. The first-order chi connectivity index (χ1) is 27.3. The van der Waals surface area contributed by atoms with Gasteiger partial charge in [-0.05, 0) is 41.7 Å². The predicted molar refractivity (Wildman–Crippen MR) is 206 cm³/mol. The first kappa shape index (κ1) is 37.6. The van der Waals surface area contributed by atoms with Gasteiger partial charge in [0.1, 0.15) is 11.4 Å². The van der Waals surface area contributed by atoms with Crippen molar-refractivity contribution in [2.24, 2.45) is 10.8 Å². The second-order valence-electron chi connectivity index (χ2n) is 16.2. The lowest BCUT2D eigenvalue weighted by atomic mass is 9.79. The number of benzene rings is 2. The maximum atomic E-state index is 14.6. The quantitative estimate of drug-likeness (QED) is 0.185. The second kappa shape index (κ2) is 14.1. The van der Waals surface area contributed by atoms with E-state index < -0.39 is 23.7 Å². The predicted octanol–water partition coefficient (Wildman–Crippen LogP) is 5.64. The summed E-state index contributed by atoms with van der Waals surface area (Å²) in [5.74, 6) is 0.456. The highest BCUT2D eigenvalue weighted by Gasteiger charge is 2.49. The molecule has 6 heterocycles. The third-order valence-electron chi connectivity index (χ3n) is 12.1. The summed E-state index contributed by atoms with van der Waals surface area (Å²) in [6.45, 7) is 4.96. The van der Waals surface area contributed by atoms with Crippen LogP contribution in [-0.4, -0.2) is 90.1 Å². The zero-order valence-corrected chi connectivity index (χ0v) is 32.3. The van der Waals surface area contributed by atoms with Gasteiger partial charge in [0.05, 0.1) is 31.0 Å². The van der Waals surface area contributed by atoms with Crippen LogP contribution in [0.3, 0.4) is 0 Å². The van der Waals surface area contributed by atoms with Crippen molar-refractivity contribution in [1.29, 1.82) is 0 Å². The molecule has 2 amide bonds. The van der Waals surface area contributed by atoms with Crippen LogP contribution in [0.2, 0.25) is 5.02 Å². The number of nitrogens with one attached hydrogen (secondary N) is 3. The number of carbonyl (C=O) groups excluding carboxylic acids is 2. The molecule has 1 atom stereocenters. The highest BCUT2D eigenvalue weighted by atomic mass is 35.5. The van der Waals surface area contributed by atoms with E-state index in [4.69, 9.17) is 21.1 Å². The summed E-state index contributed by atoms with van der Waals surface area (Å²) < 4.78 is 55.0. The minimum Gasteiger partial charge on any atom is -0.496 e. The summed E-state index contributed by atoms with van der Waals surface area (Å²) in [7, 11) is 3.01. The van der Waals surface area contributed by atoms with Crippen molar-refractivity contribution in [2.45, 2.75) is 51.0 Å². The van der Waals surface area contributed by atoms with E-state index in [1.54, 1.807) is 13.3 Å². The van der Waals surface area contributed by atoms with E-state index in [2.05, 4.69) is 35.8 Å². The molecule has 5 aliphatic rings. The molecule has 4 saturated heterocycles. The van der Waals surface area contributed by atoms with Gasteiger partial charge in [-0.15, -0.1) is 0 Å². The Labute approximate surface area is 332 Å². The SMILES string of the molecule is COc1cc(-c2nccc(-c3cccc4c3CCC4Nc3nc(OC)c(CN4CC5(CNC(=O)C5)C4)nc3C(F)(F)F)c2Cl)ccc1CN1CC2(CNC(=O)C2)C1. The van der Waals surface area contributed by atoms with Crippen molar-refractivity contribution >= 4 is 29.2 Å². The largest absolute Gasteiger partial charge is 0.496 e. The van der Waals surface area contributed by atoms with Crippen molar-refractivity contribution in [1.82, 2.24) is 35.4 Å². The van der Waals surface area contributed by atoms with Crippen LogP contribution in [0.1, 0.15) is 53.4 Å². The molecule has 4 aliphatic heterocycles. The summed E-state index contributed by atoms with van der Waals surface area (Å²) in [5, 5.41) is 9.32. The molecule has 4 aromatic rings. The van der Waals surface area contributed by atoms with Gasteiger partial charge in [0.15, 0.2) is 11.5 Å². The molecule has 2 aromatic carbocycles. The van der Waals surface area contributed by atoms with Crippen LogP contribution >= 0.6 is 11.6 Å². The number of methoxy groups -OCH3 is 2. The fourth-order valence-electron chi connectivity index (χ4n) is 9.55. The van der Waals surface area contributed by atoms with Crippen molar-refractivity contribution in [2.75, 3.05) is 58.8 Å². The molecule has 0 saturated carbocycles. The van der Waals surface area contributed by atoms with Crippen molar-refractivity contribution < 1.29 is 32.2 Å². The molecule has 2 aromatic heterocycles. The average Bonchev–Trinajstić information content (AvgIpc) is 3.88. The summed E-state index contributed by atoms with van der Waals surface area (Å²) in [6, 6.07) is 13.1. The highest BCUT2D eigenvalue weighted by Crippen LogP contribution is 2.46. The molecule has 298 valence electrons. The Morgan fingerprint density at radius 2 is 1.61 bits per heavy atom. The van der Waals surface area contributed by atoms with Crippen LogP contribution in [-0.2, 0) is 35.3 Å². The lowest BCUT2D eigenvalue weighted by Gasteiger charge is -2.47. The number of alkyl halides is 3. The van der Waals surface area contributed by atoms with Crippen molar-refractivity contribution in [3.63, 3.8) is 0 Å².